The summed E-state index contributed by atoms with van der Waals surface area (Å²) < 4.78 is 78.8. The number of esters is 1. The number of halogens is 2. The van der Waals surface area contributed by atoms with E-state index < -0.39 is 33.7 Å². The van der Waals surface area contributed by atoms with Gasteiger partial charge in [-0.15, -0.1) is 0 Å². The third kappa shape index (κ3) is 5.46. The summed E-state index contributed by atoms with van der Waals surface area (Å²) in [5.74, 6) is -1.97. The highest BCUT2D eigenvalue weighted by atomic mass is 32.2. The molecule has 37 heavy (non-hydrogen) atoms. The Morgan fingerprint density at radius 2 is 1.46 bits per heavy atom. The fraction of sp³-hybridized carbons (Fsp3) is 0.269. The van der Waals surface area contributed by atoms with Crippen molar-refractivity contribution in [1.82, 2.24) is 0 Å². The summed E-state index contributed by atoms with van der Waals surface area (Å²) in [6.07, 6.45) is -0.323. The van der Waals surface area contributed by atoms with Crippen LogP contribution in [0.3, 0.4) is 0 Å². The number of methoxy groups -OCH3 is 4. The van der Waals surface area contributed by atoms with Gasteiger partial charge in [-0.2, -0.15) is 0 Å². The highest BCUT2D eigenvalue weighted by molar-refractivity contribution is 7.93. The van der Waals surface area contributed by atoms with Crippen molar-refractivity contribution in [2.45, 2.75) is 24.3 Å². The Labute approximate surface area is 214 Å². The molecule has 0 aromatic heterocycles. The van der Waals surface area contributed by atoms with Gasteiger partial charge in [0.1, 0.15) is 23.4 Å². The number of hydrogen-bond donors (Lipinski definition) is 0. The molecule has 0 radical (unpaired) electrons. The van der Waals surface area contributed by atoms with Crippen LogP contribution in [0.5, 0.6) is 17.2 Å². The Hall–Kier alpha value is -3.86. The Morgan fingerprint density at radius 3 is 2.03 bits per heavy atom. The predicted molar refractivity (Wildman–Crippen MR) is 133 cm³/mol. The van der Waals surface area contributed by atoms with Crippen LogP contribution >= 0.6 is 0 Å². The van der Waals surface area contributed by atoms with Crippen molar-refractivity contribution in [2.24, 2.45) is 0 Å². The van der Waals surface area contributed by atoms with E-state index in [1.54, 1.807) is 6.07 Å². The summed E-state index contributed by atoms with van der Waals surface area (Å²) in [6, 6.07) is 10.5. The molecule has 3 aromatic carbocycles. The van der Waals surface area contributed by atoms with Gasteiger partial charge in [0.2, 0.25) is 0 Å². The number of rotatable bonds is 10. The summed E-state index contributed by atoms with van der Waals surface area (Å²) >= 11 is 0. The number of sulfonamides is 1. The van der Waals surface area contributed by atoms with Gasteiger partial charge in [-0.3, -0.25) is 0 Å². The molecule has 3 aromatic rings. The van der Waals surface area contributed by atoms with Crippen molar-refractivity contribution in [2.75, 3.05) is 32.7 Å². The second-order valence-electron chi connectivity index (χ2n) is 7.86. The van der Waals surface area contributed by atoms with Gasteiger partial charge in [0, 0.05) is 18.1 Å². The maximum Gasteiger partial charge on any atom is 0.329 e. The van der Waals surface area contributed by atoms with E-state index in [4.69, 9.17) is 18.9 Å². The van der Waals surface area contributed by atoms with Crippen molar-refractivity contribution in [3.63, 3.8) is 0 Å². The smallest absolute Gasteiger partial charge is 0.329 e. The Kier molecular flexibility index (Phi) is 8.59. The molecule has 8 nitrogen and oxygen atoms in total. The molecular formula is C26H27F2NO7S. The number of nitrogens with zero attached hydrogens (tertiary/aromatic N) is 1. The van der Waals surface area contributed by atoms with E-state index >= 15 is 0 Å². The molecule has 0 N–H and O–H groups in total. The number of anilines is 1. The third-order valence-corrected chi connectivity index (χ3v) is 7.62. The van der Waals surface area contributed by atoms with E-state index in [9.17, 15) is 22.0 Å². The standard InChI is InChI=1S/C26H27F2NO7S/c1-16(26(30)36-5)29(37(31,32)18-12-13-22(33-2)24(15-18)35-4)25-17(8-6-11-23(25)34-3)14-19-20(27)9-7-10-21(19)28/h6-13,15-16H,14H2,1-5H3/t16-/m0/s1. The molecule has 0 unspecified atom stereocenters. The Bertz CT molecular complexity index is 1380. The van der Waals surface area contributed by atoms with Gasteiger partial charge in [0.05, 0.1) is 39.0 Å². The van der Waals surface area contributed by atoms with Crippen molar-refractivity contribution < 1.29 is 40.9 Å². The average Bonchev–Trinajstić information content (AvgIpc) is 2.90. The first kappa shape index (κ1) is 27.7. The SMILES string of the molecule is COC(=O)[C@H](C)N(c1c(Cc2c(F)cccc2F)cccc1OC)S(=O)(=O)c1ccc(OC)c(OC)c1. The highest BCUT2D eigenvalue weighted by Gasteiger charge is 2.38. The summed E-state index contributed by atoms with van der Waals surface area (Å²) in [7, 11) is 0.689. The van der Waals surface area contributed by atoms with Gasteiger partial charge in [-0.25, -0.2) is 26.3 Å². The second kappa shape index (κ2) is 11.5. The van der Waals surface area contributed by atoms with Gasteiger partial charge in [0.15, 0.2) is 11.5 Å². The average molecular weight is 536 g/mol. The van der Waals surface area contributed by atoms with Crippen molar-refractivity contribution in [3.05, 3.63) is 77.4 Å². The molecule has 198 valence electrons. The molecule has 0 heterocycles. The lowest BCUT2D eigenvalue weighted by atomic mass is 10.0. The van der Waals surface area contributed by atoms with Gasteiger partial charge in [0.25, 0.3) is 10.0 Å². The first-order chi connectivity index (χ1) is 17.6. The van der Waals surface area contributed by atoms with Gasteiger partial charge in [-0.1, -0.05) is 18.2 Å². The molecule has 11 heteroatoms. The molecule has 0 fully saturated rings. The van der Waals surface area contributed by atoms with Crippen LogP contribution in [-0.2, 0) is 26.0 Å². The molecule has 0 amide bonds. The van der Waals surface area contributed by atoms with Crippen LogP contribution in [0, 0.1) is 11.6 Å². The van der Waals surface area contributed by atoms with E-state index in [0.29, 0.717) is 5.75 Å². The number of para-hydroxylation sites is 1. The first-order valence-corrected chi connectivity index (χ1v) is 12.5. The number of ether oxygens (including phenoxy) is 4. The summed E-state index contributed by atoms with van der Waals surface area (Å²) in [4.78, 5) is 12.4. The van der Waals surface area contributed by atoms with Crippen LogP contribution in [0.25, 0.3) is 0 Å². The third-order valence-electron chi connectivity index (χ3n) is 5.76. The molecule has 3 rings (SSSR count). The molecule has 0 aliphatic carbocycles. The largest absolute Gasteiger partial charge is 0.495 e. The van der Waals surface area contributed by atoms with Gasteiger partial charge >= 0.3 is 5.97 Å². The van der Waals surface area contributed by atoms with E-state index in [-0.39, 0.29) is 39.6 Å². The van der Waals surface area contributed by atoms with Crippen LogP contribution in [0.15, 0.2) is 59.5 Å². The Balaban J connectivity index is 2.31. The minimum atomic E-state index is -4.50. The first-order valence-electron chi connectivity index (χ1n) is 11.0. The van der Waals surface area contributed by atoms with Gasteiger partial charge < -0.3 is 18.9 Å². The molecular weight excluding hydrogens is 508 g/mol. The number of benzene rings is 3. The quantitative estimate of drug-likeness (QED) is 0.357. The predicted octanol–water partition coefficient (Wildman–Crippen LogP) is 4.34. The lowest BCUT2D eigenvalue weighted by Crippen LogP contribution is -2.44. The van der Waals surface area contributed by atoms with Crippen molar-refractivity contribution >= 4 is 21.7 Å². The van der Waals surface area contributed by atoms with E-state index in [1.807, 2.05) is 0 Å². The fourth-order valence-electron chi connectivity index (χ4n) is 3.90. The summed E-state index contributed by atoms with van der Waals surface area (Å²) in [5, 5.41) is 0. The molecule has 0 saturated heterocycles. The molecule has 0 bridgehead atoms. The zero-order valence-corrected chi connectivity index (χ0v) is 21.8. The molecule has 0 spiro atoms. The zero-order chi connectivity index (χ0) is 27.3. The number of carbonyl (C=O) groups excluding carboxylic acids is 1. The van der Waals surface area contributed by atoms with Crippen LogP contribution in [0.1, 0.15) is 18.1 Å². The Morgan fingerprint density at radius 1 is 0.865 bits per heavy atom. The molecule has 0 aliphatic rings. The fourth-order valence-corrected chi connectivity index (χ4v) is 5.57. The molecule has 0 aliphatic heterocycles. The maximum absolute atomic E-state index is 14.5. The van der Waals surface area contributed by atoms with Crippen LogP contribution in [0.2, 0.25) is 0 Å². The number of hydrogen-bond acceptors (Lipinski definition) is 7. The lowest BCUT2D eigenvalue weighted by molar-refractivity contribution is -0.141. The summed E-state index contributed by atoms with van der Waals surface area (Å²) in [6.45, 7) is 1.34. The topological polar surface area (TPSA) is 91.4 Å². The minimum Gasteiger partial charge on any atom is -0.495 e. The second-order valence-corrected chi connectivity index (χ2v) is 9.68. The normalized spacial score (nSPS) is 12.0. The molecule has 0 saturated carbocycles. The van der Waals surface area contributed by atoms with E-state index in [1.165, 1.54) is 64.7 Å². The van der Waals surface area contributed by atoms with Crippen LogP contribution in [-0.4, -0.2) is 48.9 Å². The highest BCUT2D eigenvalue weighted by Crippen LogP contribution is 2.40. The van der Waals surface area contributed by atoms with Crippen molar-refractivity contribution in [1.29, 1.82) is 0 Å². The van der Waals surface area contributed by atoms with E-state index in [0.717, 1.165) is 23.5 Å². The lowest BCUT2D eigenvalue weighted by Gasteiger charge is -2.32. The van der Waals surface area contributed by atoms with E-state index in [2.05, 4.69) is 0 Å². The van der Waals surface area contributed by atoms with Crippen LogP contribution < -0.4 is 18.5 Å². The van der Waals surface area contributed by atoms with Gasteiger partial charge in [-0.05, 0) is 42.8 Å². The van der Waals surface area contributed by atoms with Crippen LogP contribution in [0.4, 0.5) is 14.5 Å². The monoisotopic (exact) mass is 535 g/mol. The summed E-state index contributed by atoms with van der Waals surface area (Å²) in [5.41, 5.74) is -0.144. The maximum atomic E-state index is 14.5. The van der Waals surface area contributed by atoms with Crippen molar-refractivity contribution in [3.8, 4) is 17.2 Å². The molecule has 1 atom stereocenters. The number of carbonyl (C=O) groups is 1. The zero-order valence-electron chi connectivity index (χ0n) is 20.9. The minimum absolute atomic E-state index is 0.0639.